The molecule has 1 aliphatic rings. The summed E-state index contributed by atoms with van der Waals surface area (Å²) in [6.45, 7) is 1.08. The third-order valence-corrected chi connectivity index (χ3v) is 6.06. The molecular formula is C18H19FN2O3S. The summed E-state index contributed by atoms with van der Waals surface area (Å²) in [7, 11) is -3.49. The van der Waals surface area contributed by atoms with E-state index in [4.69, 9.17) is 0 Å². The number of nitrogens with zero attached hydrogens (tertiary/aromatic N) is 1. The van der Waals surface area contributed by atoms with Crippen molar-refractivity contribution in [3.63, 3.8) is 0 Å². The SMILES string of the molecule is O=C(Nc1ccc(S(=O)(=O)N2CCCCC2)cc1)c1cccc(F)c1. The number of carbonyl (C=O) groups excluding carboxylic acids is 1. The second-order valence-electron chi connectivity index (χ2n) is 5.95. The Morgan fingerprint density at radius 1 is 1.00 bits per heavy atom. The van der Waals surface area contributed by atoms with Gasteiger partial charge in [0.15, 0.2) is 0 Å². The van der Waals surface area contributed by atoms with Gasteiger partial charge in [-0.2, -0.15) is 4.31 Å². The third kappa shape index (κ3) is 4.05. The molecule has 0 radical (unpaired) electrons. The van der Waals surface area contributed by atoms with E-state index in [0.717, 1.165) is 25.3 Å². The number of rotatable bonds is 4. The molecule has 0 atom stereocenters. The van der Waals surface area contributed by atoms with Crippen molar-refractivity contribution in [2.24, 2.45) is 0 Å². The molecule has 2 aromatic carbocycles. The van der Waals surface area contributed by atoms with Crippen molar-refractivity contribution in [3.05, 3.63) is 59.9 Å². The molecule has 0 aliphatic carbocycles. The van der Waals surface area contributed by atoms with Gasteiger partial charge in [-0.05, 0) is 55.3 Å². The number of sulfonamides is 1. The minimum atomic E-state index is -3.49. The second kappa shape index (κ2) is 7.33. The van der Waals surface area contributed by atoms with E-state index in [1.54, 1.807) is 0 Å². The van der Waals surface area contributed by atoms with Crippen LogP contribution in [0.4, 0.5) is 10.1 Å². The first kappa shape index (κ1) is 17.6. The van der Waals surface area contributed by atoms with E-state index in [9.17, 15) is 17.6 Å². The molecule has 1 saturated heterocycles. The highest BCUT2D eigenvalue weighted by molar-refractivity contribution is 7.89. The van der Waals surface area contributed by atoms with Crippen molar-refractivity contribution in [1.29, 1.82) is 0 Å². The van der Waals surface area contributed by atoms with Gasteiger partial charge in [0.05, 0.1) is 4.90 Å². The fraction of sp³-hybridized carbons (Fsp3) is 0.278. The zero-order valence-electron chi connectivity index (χ0n) is 13.6. The van der Waals surface area contributed by atoms with E-state index in [2.05, 4.69) is 5.32 Å². The summed E-state index contributed by atoms with van der Waals surface area (Å²) in [5.41, 5.74) is 0.650. The average Bonchev–Trinajstić information content (AvgIpc) is 2.63. The smallest absolute Gasteiger partial charge is 0.255 e. The highest BCUT2D eigenvalue weighted by atomic mass is 32.2. The van der Waals surface area contributed by atoms with E-state index in [1.165, 1.54) is 46.8 Å². The predicted octanol–water partition coefficient (Wildman–Crippen LogP) is 3.25. The number of anilines is 1. The number of hydrogen-bond donors (Lipinski definition) is 1. The van der Waals surface area contributed by atoms with Gasteiger partial charge in [-0.15, -0.1) is 0 Å². The van der Waals surface area contributed by atoms with Gasteiger partial charge in [0.2, 0.25) is 10.0 Å². The van der Waals surface area contributed by atoms with Crippen molar-refractivity contribution >= 4 is 21.6 Å². The maximum absolute atomic E-state index is 13.2. The Labute approximate surface area is 146 Å². The van der Waals surface area contributed by atoms with Crippen LogP contribution in [0.1, 0.15) is 29.6 Å². The average molecular weight is 362 g/mol. The minimum absolute atomic E-state index is 0.199. The molecule has 1 fully saturated rings. The van der Waals surface area contributed by atoms with Gasteiger partial charge in [-0.3, -0.25) is 4.79 Å². The quantitative estimate of drug-likeness (QED) is 0.908. The van der Waals surface area contributed by atoms with Crippen LogP contribution in [-0.4, -0.2) is 31.7 Å². The third-order valence-electron chi connectivity index (χ3n) is 4.15. The van der Waals surface area contributed by atoms with Crippen molar-refractivity contribution in [1.82, 2.24) is 4.31 Å². The first-order chi connectivity index (χ1) is 12.0. The number of hydrogen-bond acceptors (Lipinski definition) is 3. The van der Waals surface area contributed by atoms with E-state index in [1.807, 2.05) is 0 Å². The lowest BCUT2D eigenvalue weighted by Crippen LogP contribution is -2.35. The maximum atomic E-state index is 13.2. The standard InChI is InChI=1S/C18H19FN2O3S/c19-15-6-4-5-14(13-15)18(22)20-16-7-9-17(10-8-16)25(23,24)21-11-2-1-3-12-21/h4-10,13H,1-3,11-12H2,(H,20,22). The molecule has 132 valence electrons. The molecule has 0 bridgehead atoms. The summed E-state index contributed by atoms with van der Waals surface area (Å²) in [6.07, 6.45) is 2.80. The van der Waals surface area contributed by atoms with E-state index in [-0.39, 0.29) is 10.5 Å². The maximum Gasteiger partial charge on any atom is 0.255 e. The lowest BCUT2D eigenvalue weighted by Gasteiger charge is -2.25. The highest BCUT2D eigenvalue weighted by Gasteiger charge is 2.25. The van der Waals surface area contributed by atoms with Crippen LogP contribution in [0.5, 0.6) is 0 Å². The molecule has 3 rings (SSSR count). The zero-order valence-corrected chi connectivity index (χ0v) is 14.4. The Morgan fingerprint density at radius 2 is 1.68 bits per heavy atom. The molecule has 1 heterocycles. The molecule has 1 N–H and O–H groups in total. The molecule has 0 spiro atoms. The van der Waals surface area contributed by atoms with Gasteiger partial charge in [-0.25, -0.2) is 12.8 Å². The van der Waals surface area contributed by atoms with Gasteiger partial charge in [-0.1, -0.05) is 12.5 Å². The van der Waals surface area contributed by atoms with Gasteiger partial charge < -0.3 is 5.32 Å². The van der Waals surface area contributed by atoms with E-state index >= 15 is 0 Å². The van der Waals surface area contributed by atoms with E-state index in [0.29, 0.717) is 18.8 Å². The highest BCUT2D eigenvalue weighted by Crippen LogP contribution is 2.22. The summed E-state index contributed by atoms with van der Waals surface area (Å²) >= 11 is 0. The molecule has 0 unspecified atom stereocenters. The lowest BCUT2D eigenvalue weighted by atomic mass is 10.2. The van der Waals surface area contributed by atoms with Crippen LogP contribution in [-0.2, 0) is 10.0 Å². The van der Waals surface area contributed by atoms with Crippen LogP contribution in [0.25, 0.3) is 0 Å². The summed E-state index contributed by atoms with van der Waals surface area (Å²) in [5.74, 6) is -0.943. The number of piperidine rings is 1. The van der Waals surface area contributed by atoms with Crippen molar-refractivity contribution in [3.8, 4) is 0 Å². The molecular weight excluding hydrogens is 343 g/mol. The molecule has 1 amide bonds. The number of amides is 1. The summed E-state index contributed by atoms with van der Waals surface area (Å²) in [4.78, 5) is 12.3. The summed E-state index contributed by atoms with van der Waals surface area (Å²) in [6, 6.07) is 11.4. The predicted molar refractivity (Wildman–Crippen MR) is 93.4 cm³/mol. The normalized spacial score (nSPS) is 15.7. The van der Waals surface area contributed by atoms with Crippen LogP contribution in [0.3, 0.4) is 0 Å². The number of benzene rings is 2. The first-order valence-corrected chi connectivity index (χ1v) is 9.58. The molecule has 7 heteroatoms. The summed E-state index contributed by atoms with van der Waals surface area (Å²) < 4.78 is 39.8. The largest absolute Gasteiger partial charge is 0.322 e. The Balaban J connectivity index is 1.73. The molecule has 5 nitrogen and oxygen atoms in total. The number of halogens is 1. The van der Waals surface area contributed by atoms with Crippen LogP contribution in [0, 0.1) is 5.82 Å². The van der Waals surface area contributed by atoms with Crippen LogP contribution in [0.2, 0.25) is 0 Å². The Bertz CT molecular complexity index is 860. The van der Waals surface area contributed by atoms with Gasteiger partial charge >= 0.3 is 0 Å². The molecule has 2 aromatic rings. The second-order valence-corrected chi connectivity index (χ2v) is 7.89. The van der Waals surface area contributed by atoms with Gasteiger partial charge in [0.1, 0.15) is 5.82 Å². The number of carbonyl (C=O) groups is 1. The topological polar surface area (TPSA) is 66.5 Å². The Morgan fingerprint density at radius 3 is 2.32 bits per heavy atom. The van der Waals surface area contributed by atoms with Crippen molar-refractivity contribution in [2.75, 3.05) is 18.4 Å². The molecule has 0 saturated carbocycles. The zero-order chi connectivity index (χ0) is 17.9. The first-order valence-electron chi connectivity index (χ1n) is 8.14. The molecule has 25 heavy (non-hydrogen) atoms. The number of nitrogens with one attached hydrogen (secondary N) is 1. The van der Waals surface area contributed by atoms with Crippen molar-refractivity contribution < 1.29 is 17.6 Å². The molecule has 1 aliphatic heterocycles. The van der Waals surface area contributed by atoms with Gasteiger partial charge in [0, 0.05) is 24.3 Å². The van der Waals surface area contributed by atoms with E-state index < -0.39 is 21.7 Å². The Hall–Kier alpha value is -2.25. The van der Waals surface area contributed by atoms with Crippen LogP contribution in [0.15, 0.2) is 53.4 Å². The fourth-order valence-electron chi connectivity index (χ4n) is 2.80. The molecule has 0 aromatic heterocycles. The van der Waals surface area contributed by atoms with Crippen LogP contribution >= 0.6 is 0 Å². The van der Waals surface area contributed by atoms with Crippen molar-refractivity contribution in [2.45, 2.75) is 24.2 Å². The minimum Gasteiger partial charge on any atom is -0.322 e. The lowest BCUT2D eigenvalue weighted by molar-refractivity contribution is 0.102. The fourth-order valence-corrected chi connectivity index (χ4v) is 4.31. The van der Waals surface area contributed by atoms with Gasteiger partial charge in [0.25, 0.3) is 5.91 Å². The summed E-state index contributed by atoms with van der Waals surface area (Å²) in [5, 5.41) is 2.63. The Kier molecular flexibility index (Phi) is 5.15. The monoisotopic (exact) mass is 362 g/mol. The van der Waals surface area contributed by atoms with Crippen LogP contribution < -0.4 is 5.32 Å².